The van der Waals surface area contributed by atoms with Crippen molar-refractivity contribution in [3.63, 3.8) is 0 Å². The topological polar surface area (TPSA) is 73.9 Å². The Kier molecular flexibility index (Phi) is 5.39. The third-order valence-corrected chi connectivity index (χ3v) is 5.71. The molecule has 0 amide bonds. The Morgan fingerprint density at radius 1 is 1.03 bits per heavy atom. The molecule has 0 aliphatic carbocycles. The highest BCUT2D eigenvalue weighted by atomic mass is 35.5. The van der Waals surface area contributed by atoms with Crippen molar-refractivity contribution in [3.8, 4) is 0 Å². The molecule has 3 aromatic carbocycles. The first-order valence-corrected chi connectivity index (χ1v) is 10.6. The second-order valence-corrected chi connectivity index (χ2v) is 7.87. The zero-order valence-corrected chi connectivity index (χ0v) is 18.1. The summed E-state index contributed by atoms with van der Waals surface area (Å²) in [4.78, 5) is 11.4. The number of aliphatic hydroxyl groups excluding tert-OH is 1. The number of hydrogen-bond acceptors (Lipinski definition) is 6. The number of nitrogens with one attached hydrogen (secondary N) is 1. The van der Waals surface area contributed by atoms with Gasteiger partial charge in [-0.3, -0.25) is 10.2 Å². The van der Waals surface area contributed by atoms with Crippen LogP contribution in [0.3, 0.4) is 0 Å². The highest BCUT2D eigenvalue weighted by Crippen LogP contribution is 2.35. The van der Waals surface area contributed by atoms with Crippen molar-refractivity contribution in [3.05, 3.63) is 101 Å². The fourth-order valence-electron chi connectivity index (χ4n) is 3.85. The molecule has 0 radical (unpaired) electrons. The number of benzene rings is 3. The molecule has 1 aliphatic rings. The van der Waals surface area contributed by atoms with Gasteiger partial charge in [0.15, 0.2) is 5.58 Å². The molecular formula is C25H21ClN4O2. The number of hydrogen-bond donors (Lipinski definition) is 2. The van der Waals surface area contributed by atoms with Gasteiger partial charge in [-0.1, -0.05) is 60.1 Å². The van der Waals surface area contributed by atoms with E-state index in [9.17, 15) is 5.11 Å². The summed E-state index contributed by atoms with van der Waals surface area (Å²) in [5.41, 5.74) is 4.88. The zero-order valence-electron chi connectivity index (χ0n) is 17.4. The summed E-state index contributed by atoms with van der Waals surface area (Å²) in [6, 6.07) is 23.0. The molecule has 2 N–H and O–H groups in total. The number of anilines is 2. The molecule has 1 unspecified atom stereocenters. The highest BCUT2D eigenvalue weighted by molar-refractivity contribution is 6.31. The Bertz CT molecular complexity index is 1310. The number of fused-ring (bicyclic) bond motifs is 1. The van der Waals surface area contributed by atoms with Gasteiger partial charge < -0.3 is 9.52 Å². The molecule has 5 rings (SSSR count). The lowest BCUT2D eigenvalue weighted by atomic mass is 10.0. The van der Waals surface area contributed by atoms with Crippen LogP contribution < -0.4 is 10.2 Å². The fraction of sp³-hybridized carbons (Fsp3) is 0.120. The molecule has 1 atom stereocenters. The lowest BCUT2D eigenvalue weighted by Crippen LogP contribution is -2.38. The van der Waals surface area contributed by atoms with Crippen molar-refractivity contribution >= 4 is 40.4 Å². The van der Waals surface area contributed by atoms with Crippen LogP contribution in [0.1, 0.15) is 24.1 Å². The predicted octanol–water partition coefficient (Wildman–Crippen LogP) is 5.91. The molecule has 0 fully saturated rings. The van der Waals surface area contributed by atoms with Crippen molar-refractivity contribution in [1.82, 2.24) is 4.98 Å². The van der Waals surface area contributed by atoms with Gasteiger partial charge in [-0.2, -0.15) is 4.98 Å². The van der Waals surface area contributed by atoms with Crippen LogP contribution in [0, 0.1) is 0 Å². The molecule has 7 heteroatoms. The first-order valence-electron chi connectivity index (χ1n) is 10.3. The van der Waals surface area contributed by atoms with Crippen LogP contribution in [-0.2, 0) is 6.61 Å². The summed E-state index contributed by atoms with van der Waals surface area (Å²) in [6.45, 7) is 1.91. The number of para-hydroxylation sites is 3. The van der Waals surface area contributed by atoms with Crippen LogP contribution >= 0.6 is 11.6 Å². The smallest absolute Gasteiger partial charge is 0.302 e. The van der Waals surface area contributed by atoms with Crippen molar-refractivity contribution < 1.29 is 9.52 Å². The number of halogens is 1. The van der Waals surface area contributed by atoms with Crippen LogP contribution in [0.2, 0.25) is 5.02 Å². The molecule has 2 heterocycles. The molecular weight excluding hydrogens is 424 g/mol. The van der Waals surface area contributed by atoms with E-state index in [2.05, 4.69) is 10.3 Å². The molecule has 0 saturated carbocycles. The number of rotatable bonds is 4. The molecule has 1 aliphatic heterocycles. The van der Waals surface area contributed by atoms with Crippen LogP contribution in [0.25, 0.3) is 11.1 Å². The summed E-state index contributed by atoms with van der Waals surface area (Å²) in [6.07, 6.45) is 2.05. The van der Waals surface area contributed by atoms with Gasteiger partial charge >= 0.3 is 6.01 Å². The van der Waals surface area contributed by atoms with E-state index in [1.54, 1.807) is 0 Å². The number of aliphatic hydroxyl groups is 1. The first-order chi connectivity index (χ1) is 15.6. The number of guanidine groups is 1. The molecule has 0 saturated heterocycles. The van der Waals surface area contributed by atoms with Crippen LogP contribution in [-0.4, -0.2) is 16.1 Å². The average Bonchev–Trinajstić information content (AvgIpc) is 3.21. The Labute approximate surface area is 190 Å². The zero-order chi connectivity index (χ0) is 22.1. The number of allylic oxidation sites excluding steroid dienone is 1. The van der Waals surface area contributed by atoms with Crippen molar-refractivity contribution in [2.45, 2.75) is 19.6 Å². The highest BCUT2D eigenvalue weighted by Gasteiger charge is 2.27. The summed E-state index contributed by atoms with van der Waals surface area (Å²) < 4.78 is 5.89. The average molecular weight is 445 g/mol. The van der Waals surface area contributed by atoms with E-state index < -0.39 is 0 Å². The van der Waals surface area contributed by atoms with Gasteiger partial charge in [-0.25, -0.2) is 4.99 Å². The fourth-order valence-corrected chi connectivity index (χ4v) is 4.09. The Morgan fingerprint density at radius 2 is 1.78 bits per heavy atom. The second kappa shape index (κ2) is 8.49. The lowest BCUT2D eigenvalue weighted by molar-refractivity contribution is 0.282. The molecule has 6 nitrogen and oxygen atoms in total. The first kappa shape index (κ1) is 20.3. The molecule has 160 valence electrons. The van der Waals surface area contributed by atoms with E-state index in [1.165, 1.54) is 0 Å². The molecule has 1 aromatic heterocycles. The maximum atomic E-state index is 9.92. The summed E-state index contributed by atoms with van der Waals surface area (Å²) in [5, 5.41) is 13.8. The quantitative estimate of drug-likeness (QED) is 0.409. The Balaban J connectivity index is 1.61. The summed E-state index contributed by atoms with van der Waals surface area (Å²) in [5.74, 6) is 0.530. The van der Waals surface area contributed by atoms with Crippen LogP contribution in [0.5, 0.6) is 0 Å². The van der Waals surface area contributed by atoms with Gasteiger partial charge in [-0.05, 0) is 42.8 Å². The molecule has 4 aromatic rings. The second-order valence-electron chi connectivity index (χ2n) is 7.46. The minimum absolute atomic E-state index is 0.0932. The van der Waals surface area contributed by atoms with Gasteiger partial charge in [0, 0.05) is 16.3 Å². The van der Waals surface area contributed by atoms with E-state index in [1.807, 2.05) is 90.7 Å². The summed E-state index contributed by atoms with van der Waals surface area (Å²) >= 11 is 6.47. The van der Waals surface area contributed by atoms with Crippen LogP contribution in [0.15, 0.2) is 94.0 Å². The van der Waals surface area contributed by atoms with Gasteiger partial charge in [0.1, 0.15) is 11.6 Å². The van der Waals surface area contributed by atoms with Gasteiger partial charge in [0.05, 0.1) is 12.3 Å². The summed E-state index contributed by atoms with van der Waals surface area (Å²) in [7, 11) is 0. The standard InChI is InChI=1S/C25H21ClN4O2/c1-16-14-21(18-9-3-4-10-19(18)26)27-24(30(16)22-12-6-2-8-17(22)15-31)29-25-28-20-11-5-7-13-23(20)32-25/h2-14,21,31H,15H2,1H3,(H,27,28,29). The van der Waals surface area contributed by atoms with Crippen molar-refractivity contribution in [2.75, 3.05) is 10.2 Å². The van der Waals surface area contributed by atoms with Gasteiger partial charge in [0.25, 0.3) is 0 Å². The Hall–Kier alpha value is -3.61. The normalized spacial score (nSPS) is 16.1. The molecule has 0 spiro atoms. The maximum Gasteiger partial charge on any atom is 0.302 e. The monoisotopic (exact) mass is 444 g/mol. The third kappa shape index (κ3) is 3.75. The number of oxazole rings is 1. The largest absolute Gasteiger partial charge is 0.423 e. The van der Waals surface area contributed by atoms with E-state index in [4.69, 9.17) is 21.0 Å². The number of aromatic nitrogens is 1. The third-order valence-electron chi connectivity index (χ3n) is 5.36. The maximum absolute atomic E-state index is 9.92. The van der Waals surface area contributed by atoms with Crippen LogP contribution in [0.4, 0.5) is 11.7 Å². The Morgan fingerprint density at radius 3 is 2.59 bits per heavy atom. The molecule has 0 bridgehead atoms. The van der Waals surface area contributed by atoms with E-state index >= 15 is 0 Å². The van der Waals surface area contributed by atoms with Gasteiger partial charge in [0.2, 0.25) is 5.96 Å². The van der Waals surface area contributed by atoms with Gasteiger partial charge in [-0.15, -0.1) is 0 Å². The predicted molar refractivity (Wildman–Crippen MR) is 128 cm³/mol. The SMILES string of the molecule is CC1=CC(c2ccccc2Cl)N=C(Nc2nc3ccccc3o2)N1c1ccccc1CO. The minimum Gasteiger partial charge on any atom is -0.423 e. The molecule has 32 heavy (non-hydrogen) atoms. The van der Waals surface area contributed by atoms with Crippen molar-refractivity contribution in [2.24, 2.45) is 4.99 Å². The van der Waals surface area contributed by atoms with Crippen molar-refractivity contribution in [1.29, 1.82) is 0 Å². The van der Waals surface area contributed by atoms with E-state index in [0.717, 1.165) is 28.0 Å². The van der Waals surface area contributed by atoms with E-state index in [-0.39, 0.29) is 12.6 Å². The lowest BCUT2D eigenvalue weighted by Gasteiger charge is -2.33. The number of aliphatic imine (C=N–C) groups is 1. The van der Waals surface area contributed by atoms with E-state index in [0.29, 0.717) is 22.6 Å². The minimum atomic E-state index is -0.284. The number of nitrogens with zero attached hydrogens (tertiary/aromatic N) is 3.